The standard InChI is InChI=1S/C8H12N2O2S/c1-8(4-9,7(11)12)2-6-3-13-5-10-6/h3,5H,2,4,9H2,1H3,(H,11,12). The number of hydrogen-bond donors (Lipinski definition) is 2. The van der Waals surface area contributed by atoms with Crippen LogP contribution >= 0.6 is 11.3 Å². The van der Waals surface area contributed by atoms with E-state index >= 15 is 0 Å². The van der Waals surface area contributed by atoms with Crippen molar-refractivity contribution in [2.75, 3.05) is 6.54 Å². The van der Waals surface area contributed by atoms with Crippen molar-refractivity contribution >= 4 is 17.3 Å². The summed E-state index contributed by atoms with van der Waals surface area (Å²) in [4.78, 5) is 14.9. The zero-order chi connectivity index (χ0) is 9.90. The van der Waals surface area contributed by atoms with Gasteiger partial charge in [0.25, 0.3) is 0 Å². The largest absolute Gasteiger partial charge is 0.481 e. The van der Waals surface area contributed by atoms with Crippen LogP contribution in [0.4, 0.5) is 0 Å². The highest BCUT2D eigenvalue weighted by Gasteiger charge is 2.32. The molecule has 1 atom stereocenters. The highest BCUT2D eigenvalue weighted by molar-refractivity contribution is 7.07. The van der Waals surface area contributed by atoms with Crippen molar-refractivity contribution in [2.45, 2.75) is 13.3 Å². The van der Waals surface area contributed by atoms with Gasteiger partial charge in [0, 0.05) is 18.3 Å². The van der Waals surface area contributed by atoms with Crippen molar-refractivity contribution in [3.05, 3.63) is 16.6 Å². The summed E-state index contributed by atoms with van der Waals surface area (Å²) in [6.07, 6.45) is 0.391. The molecule has 0 radical (unpaired) electrons. The Morgan fingerprint density at radius 2 is 2.54 bits per heavy atom. The van der Waals surface area contributed by atoms with Gasteiger partial charge in [0.1, 0.15) is 0 Å². The Bertz CT molecular complexity index is 286. The molecule has 4 nitrogen and oxygen atoms in total. The van der Waals surface area contributed by atoms with Gasteiger partial charge in [0.15, 0.2) is 0 Å². The molecule has 0 aliphatic carbocycles. The van der Waals surface area contributed by atoms with Gasteiger partial charge in [-0.15, -0.1) is 11.3 Å². The lowest BCUT2D eigenvalue weighted by Crippen LogP contribution is -2.37. The third-order valence-electron chi connectivity index (χ3n) is 2.02. The summed E-state index contributed by atoms with van der Waals surface area (Å²) in [5.41, 5.74) is 7.01. The van der Waals surface area contributed by atoms with E-state index in [0.717, 1.165) is 5.69 Å². The number of carboxylic acids is 1. The second kappa shape index (κ2) is 3.85. The average molecular weight is 200 g/mol. The number of hydrogen-bond acceptors (Lipinski definition) is 4. The van der Waals surface area contributed by atoms with Crippen LogP contribution < -0.4 is 5.73 Å². The lowest BCUT2D eigenvalue weighted by molar-refractivity contribution is -0.147. The molecule has 0 fully saturated rings. The number of nitrogens with two attached hydrogens (primary N) is 1. The minimum atomic E-state index is -0.895. The molecular formula is C8H12N2O2S. The van der Waals surface area contributed by atoms with Gasteiger partial charge >= 0.3 is 5.97 Å². The van der Waals surface area contributed by atoms with E-state index in [0.29, 0.717) is 6.42 Å². The van der Waals surface area contributed by atoms with E-state index in [1.807, 2.05) is 5.38 Å². The molecule has 0 amide bonds. The van der Waals surface area contributed by atoms with E-state index < -0.39 is 11.4 Å². The third-order valence-corrected chi connectivity index (χ3v) is 2.66. The summed E-state index contributed by atoms with van der Waals surface area (Å²) < 4.78 is 0. The van der Waals surface area contributed by atoms with E-state index in [2.05, 4.69) is 4.98 Å². The first kappa shape index (κ1) is 10.1. The number of thiazole rings is 1. The van der Waals surface area contributed by atoms with Crippen molar-refractivity contribution < 1.29 is 9.90 Å². The summed E-state index contributed by atoms with van der Waals surface area (Å²) in [6.45, 7) is 1.76. The molecular weight excluding hydrogens is 188 g/mol. The van der Waals surface area contributed by atoms with Gasteiger partial charge in [-0.05, 0) is 6.92 Å². The van der Waals surface area contributed by atoms with Crippen LogP contribution in [0, 0.1) is 5.41 Å². The number of carboxylic acid groups (broad SMARTS) is 1. The maximum Gasteiger partial charge on any atom is 0.311 e. The first-order valence-corrected chi connectivity index (χ1v) is 4.83. The predicted octanol–water partition coefficient (Wildman–Crippen LogP) is 0.735. The Hall–Kier alpha value is -0.940. The van der Waals surface area contributed by atoms with Crippen molar-refractivity contribution in [1.82, 2.24) is 4.98 Å². The molecule has 0 aliphatic rings. The Labute approximate surface area is 80.4 Å². The molecule has 0 aliphatic heterocycles. The minimum absolute atomic E-state index is 0.125. The molecule has 0 saturated heterocycles. The van der Waals surface area contributed by atoms with Gasteiger partial charge in [0.2, 0.25) is 0 Å². The van der Waals surface area contributed by atoms with Gasteiger partial charge in [0.05, 0.1) is 16.6 Å². The summed E-state index contributed by atoms with van der Waals surface area (Å²) >= 11 is 1.46. The van der Waals surface area contributed by atoms with E-state index in [9.17, 15) is 4.79 Å². The van der Waals surface area contributed by atoms with Crippen molar-refractivity contribution in [3.8, 4) is 0 Å². The second-order valence-corrected chi connectivity index (χ2v) is 3.95. The molecule has 72 valence electrons. The van der Waals surface area contributed by atoms with E-state index in [1.54, 1.807) is 12.4 Å². The van der Waals surface area contributed by atoms with Crippen LogP contribution in [-0.2, 0) is 11.2 Å². The topological polar surface area (TPSA) is 76.2 Å². The third kappa shape index (κ3) is 2.26. The first-order valence-electron chi connectivity index (χ1n) is 3.89. The number of aromatic nitrogens is 1. The summed E-state index contributed by atoms with van der Waals surface area (Å²) in [5.74, 6) is -0.872. The molecule has 1 heterocycles. The van der Waals surface area contributed by atoms with Crippen LogP contribution in [0.15, 0.2) is 10.9 Å². The number of rotatable bonds is 4. The van der Waals surface area contributed by atoms with Crippen LogP contribution in [0.2, 0.25) is 0 Å². The molecule has 5 heteroatoms. The molecule has 1 unspecified atom stereocenters. The minimum Gasteiger partial charge on any atom is -0.481 e. The predicted molar refractivity (Wildman–Crippen MR) is 50.6 cm³/mol. The zero-order valence-corrected chi connectivity index (χ0v) is 8.17. The number of nitrogens with zero attached hydrogens (tertiary/aromatic N) is 1. The zero-order valence-electron chi connectivity index (χ0n) is 7.36. The first-order chi connectivity index (χ1) is 6.08. The van der Waals surface area contributed by atoms with Crippen molar-refractivity contribution in [1.29, 1.82) is 0 Å². The molecule has 1 aromatic rings. The van der Waals surface area contributed by atoms with Gasteiger partial charge in [-0.3, -0.25) is 4.79 Å². The lowest BCUT2D eigenvalue weighted by atomic mass is 9.86. The summed E-state index contributed by atoms with van der Waals surface area (Å²) in [5, 5.41) is 10.8. The molecule has 3 N–H and O–H groups in total. The molecule has 1 rings (SSSR count). The van der Waals surface area contributed by atoms with Gasteiger partial charge < -0.3 is 10.8 Å². The number of carbonyl (C=O) groups is 1. The van der Waals surface area contributed by atoms with E-state index in [-0.39, 0.29) is 6.54 Å². The van der Waals surface area contributed by atoms with Crippen LogP contribution in [0.3, 0.4) is 0 Å². The quantitative estimate of drug-likeness (QED) is 0.751. The maximum atomic E-state index is 10.9. The highest BCUT2D eigenvalue weighted by Crippen LogP contribution is 2.21. The fourth-order valence-electron chi connectivity index (χ4n) is 0.960. The van der Waals surface area contributed by atoms with Crippen LogP contribution in [-0.4, -0.2) is 22.6 Å². The summed E-state index contributed by atoms with van der Waals surface area (Å²) in [7, 11) is 0. The SMILES string of the molecule is CC(CN)(Cc1cscn1)C(=O)O. The normalized spacial score (nSPS) is 15.2. The molecule has 1 aromatic heterocycles. The highest BCUT2D eigenvalue weighted by atomic mass is 32.1. The maximum absolute atomic E-state index is 10.9. The van der Waals surface area contributed by atoms with E-state index in [1.165, 1.54) is 11.3 Å². The lowest BCUT2D eigenvalue weighted by Gasteiger charge is -2.21. The molecule has 0 saturated carbocycles. The fourth-order valence-corrected chi connectivity index (χ4v) is 1.52. The van der Waals surface area contributed by atoms with Gasteiger partial charge in [-0.2, -0.15) is 0 Å². The van der Waals surface area contributed by atoms with Crippen LogP contribution in [0.5, 0.6) is 0 Å². The monoisotopic (exact) mass is 200 g/mol. The second-order valence-electron chi connectivity index (χ2n) is 3.23. The van der Waals surface area contributed by atoms with Crippen LogP contribution in [0.1, 0.15) is 12.6 Å². The smallest absolute Gasteiger partial charge is 0.311 e. The van der Waals surface area contributed by atoms with Crippen molar-refractivity contribution in [3.63, 3.8) is 0 Å². The Kier molecular flexibility index (Phi) is 3.00. The van der Waals surface area contributed by atoms with E-state index in [4.69, 9.17) is 10.8 Å². The molecule has 13 heavy (non-hydrogen) atoms. The van der Waals surface area contributed by atoms with Gasteiger partial charge in [-0.25, -0.2) is 4.98 Å². The Morgan fingerprint density at radius 3 is 2.92 bits per heavy atom. The molecule has 0 bridgehead atoms. The fraction of sp³-hybridized carbons (Fsp3) is 0.500. The molecule has 0 aromatic carbocycles. The number of aliphatic carboxylic acids is 1. The average Bonchev–Trinajstić information content (AvgIpc) is 2.56. The molecule has 0 spiro atoms. The summed E-state index contributed by atoms with van der Waals surface area (Å²) in [6, 6.07) is 0. The van der Waals surface area contributed by atoms with Gasteiger partial charge in [-0.1, -0.05) is 0 Å². The van der Waals surface area contributed by atoms with Crippen molar-refractivity contribution in [2.24, 2.45) is 11.1 Å². The Balaban J connectivity index is 2.75. The van der Waals surface area contributed by atoms with Crippen LogP contribution in [0.25, 0.3) is 0 Å². The Morgan fingerprint density at radius 1 is 1.85 bits per heavy atom.